The Bertz CT molecular complexity index is 606. The lowest BCUT2D eigenvalue weighted by Crippen LogP contribution is -2.08. The molecular formula is C18H24N2. The van der Waals surface area contributed by atoms with Crippen LogP contribution in [0.4, 0.5) is 0 Å². The lowest BCUT2D eigenvalue weighted by Gasteiger charge is -2.15. The fourth-order valence-corrected chi connectivity index (χ4v) is 3.16. The van der Waals surface area contributed by atoms with Gasteiger partial charge < -0.3 is 0 Å². The van der Waals surface area contributed by atoms with Crippen LogP contribution >= 0.6 is 0 Å². The standard InChI is InChI=1S/C18H24N2/c1-4-7-15-9-6-8-13(3)18(15)20-17(5-2)16(12-19-20)14-10-11-14/h6,8-9,12,14H,4-5,7,10-11H2,1-3H3. The van der Waals surface area contributed by atoms with Crippen LogP contribution in [-0.2, 0) is 12.8 Å². The van der Waals surface area contributed by atoms with E-state index in [1.807, 2.05) is 0 Å². The zero-order valence-electron chi connectivity index (χ0n) is 12.8. The molecule has 0 saturated heterocycles. The molecule has 0 unspecified atom stereocenters. The van der Waals surface area contributed by atoms with E-state index in [1.165, 1.54) is 47.3 Å². The van der Waals surface area contributed by atoms with Gasteiger partial charge in [-0.15, -0.1) is 0 Å². The first kappa shape index (κ1) is 13.4. The molecule has 0 bridgehead atoms. The molecular weight excluding hydrogens is 244 g/mol. The van der Waals surface area contributed by atoms with Crippen LogP contribution in [0.3, 0.4) is 0 Å². The zero-order valence-corrected chi connectivity index (χ0v) is 12.8. The van der Waals surface area contributed by atoms with Gasteiger partial charge in [-0.1, -0.05) is 38.5 Å². The molecule has 3 rings (SSSR count). The highest BCUT2D eigenvalue weighted by molar-refractivity contribution is 5.49. The normalized spacial score (nSPS) is 14.8. The summed E-state index contributed by atoms with van der Waals surface area (Å²) in [7, 11) is 0. The van der Waals surface area contributed by atoms with Gasteiger partial charge in [0.15, 0.2) is 0 Å². The van der Waals surface area contributed by atoms with Crippen LogP contribution in [0.15, 0.2) is 24.4 Å². The van der Waals surface area contributed by atoms with Crippen molar-refractivity contribution in [1.29, 1.82) is 0 Å². The monoisotopic (exact) mass is 268 g/mol. The Labute approximate surface area is 121 Å². The van der Waals surface area contributed by atoms with Crippen molar-refractivity contribution in [2.45, 2.75) is 58.8 Å². The predicted octanol–water partition coefficient (Wildman–Crippen LogP) is 4.57. The van der Waals surface area contributed by atoms with Crippen LogP contribution < -0.4 is 0 Å². The zero-order chi connectivity index (χ0) is 14.1. The van der Waals surface area contributed by atoms with Crippen molar-refractivity contribution in [1.82, 2.24) is 9.78 Å². The molecule has 2 heteroatoms. The van der Waals surface area contributed by atoms with E-state index < -0.39 is 0 Å². The molecule has 106 valence electrons. The van der Waals surface area contributed by atoms with E-state index in [0.29, 0.717) is 0 Å². The molecule has 1 aromatic carbocycles. The third-order valence-electron chi connectivity index (χ3n) is 4.31. The summed E-state index contributed by atoms with van der Waals surface area (Å²) in [6.45, 7) is 6.69. The van der Waals surface area contributed by atoms with Crippen molar-refractivity contribution in [3.8, 4) is 5.69 Å². The number of aromatic nitrogens is 2. The van der Waals surface area contributed by atoms with Crippen LogP contribution in [-0.4, -0.2) is 9.78 Å². The van der Waals surface area contributed by atoms with Crippen LogP contribution in [0.2, 0.25) is 0 Å². The third-order valence-corrected chi connectivity index (χ3v) is 4.31. The highest BCUT2D eigenvalue weighted by atomic mass is 15.3. The second-order valence-corrected chi connectivity index (χ2v) is 5.92. The van der Waals surface area contributed by atoms with Gasteiger partial charge in [-0.3, -0.25) is 0 Å². The van der Waals surface area contributed by atoms with Gasteiger partial charge in [0.2, 0.25) is 0 Å². The lowest BCUT2D eigenvalue weighted by atomic mass is 10.0. The van der Waals surface area contributed by atoms with Gasteiger partial charge in [0, 0.05) is 5.69 Å². The van der Waals surface area contributed by atoms with Crippen molar-refractivity contribution in [2.24, 2.45) is 0 Å². The summed E-state index contributed by atoms with van der Waals surface area (Å²) in [6, 6.07) is 6.62. The number of nitrogens with zero attached hydrogens (tertiary/aromatic N) is 2. The largest absolute Gasteiger partial charge is 0.237 e. The Morgan fingerprint density at radius 1 is 1.25 bits per heavy atom. The molecule has 20 heavy (non-hydrogen) atoms. The number of rotatable bonds is 5. The van der Waals surface area contributed by atoms with Crippen LogP contribution in [0, 0.1) is 6.92 Å². The quantitative estimate of drug-likeness (QED) is 0.776. The first-order chi connectivity index (χ1) is 9.76. The summed E-state index contributed by atoms with van der Waals surface area (Å²) in [5, 5.41) is 4.74. The molecule has 1 fully saturated rings. The summed E-state index contributed by atoms with van der Waals surface area (Å²) in [5.74, 6) is 0.775. The summed E-state index contributed by atoms with van der Waals surface area (Å²) >= 11 is 0. The molecule has 0 atom stereocenters. The number of hydrogen-bond donors (Lipinski definition) is 0. The van der Waals surface area contributed by atoms with Gasteiger partial charge in [0.05, 0.1) is 11.9 Å². The van der Waals surface area contributed by atoms with E-state index in [-0.39, 0.29) is 0 Å². The minimum atomic E-state index is 0.775. The topological polar surface area (TPSA) is 17.8 Å². The van der Waals surface area contributed by atoms with Crippen molar-refractivity contribution in [3.63, 3.8) is 0 Å². The molecule has 0 spiro atoms. The van der Waals surface area contributed by atoms with E-state index in [1.54, 1.807) is 0 Å². The van der Waals surface area contributed by atoms with Gasteiger partial charge in [0.25, 0.3) is 0 Å². The second kappa shape index (κ2) is 5.43. The summed E-state index contributed by atoms with van der Waals surface area (Å²) in [5.41, 5.74) is 6.97. The van der Waals surface area contributed by atoms with Crippen LogP contribution in [0.1, 0.15) is 61.4 Å². The molecule has 1 aliphatic carbocycles. The number of aryl methyl sites for hydroxylation is 2. The highest BCUT2D eigenvalue weighted by Gasteiger charge is 2.28. The van der Waals surface area contributed by atoms with Gasteiger partial charge in [-0.25, -0.2) is 4.68 Å². The first-order valence-electron chi connectivity index (χ1n) is 7.91. The van der Waals surface area contributed by atoms with E-state index in [9.17, 15) is 0 Å². The van der Waals surface area contributed by atoms with Gasteiger partial charge in [-0.2, -0.15) is 5.10 Å². The maximum atomic E-state index is 4.74. The van der Waals surface area contributed by atoms with E-state index >= 15 is 0 Å². The van der Waals surface area contributed by atoms with E-state index in [2.05, 4.69) is 49.8 Å². The molecule has 0 radical (unpaired) electrons. The first-order valence-corrected chi connectivity index (χ1v) is 7.91. The SMILES string of the molecule is CCCc1cccc(C)c1-n1ncc(C2CC2)c1CC. The van der Waals surface area contributed by atoms with Gasteiger partial charge in [0.1, 0.15) is 0 Å². The Balaban J connectivity index is 2.13. The predicted molar refractivity (Wildman–Crippen MR) is 83.6 cm³/mol. The summed E-state index contributed by atoms with van der Waals surface area (Å²) in [4.78, 5) is 0. The molecule has 1 aromatic heterocycles. The van der Waals surface area contributed by atoms with Crippen LogP contribution in [0.25, 0.3) is 5.69 Å². The van der Waals surface area contributed by atoms with Crippen molar-refractivity contribution in [3.05, 3.63) is 46.8 Å². The van der Waals surface area contributed by atoms with Crippen molar-refractivity contribution < 1.29 is 0 Å². The minimum Gasteiger partial charge on any atom is -0.237 e. The van der Waals surface area contributed by atoms with Crippen molar-refractivity contribution in [2.75, 3.05) is 0 Å². The van der Waals surface area contributed by atoms with Crippen LogP contribution in [0.5, 0.6) is 0 Å². The fraction of sp³-hybridized carbons (Fsp3) is 0.500. The van der Waals surface area contributed by atoms with E-state index in [4.69, 9.17) is 5.10 Å². The maximum Gasteiger partial charge on any atom is 0.0709 e. The lowest BCUT2D eigenvalue weighted by molar-refractivity contribution is 0.782. The Morgan fingerprint density at radius 3 is 2.70 bits per heavy atom. The smallest absolute Gasteiger partial charge is 0.0709 e. The average molecular weight is 268 g/mol. The molecule has 1 aliphatic rings. The minimum absolute atomic E-state index is 0.775. The molecule has 1 saturated carbocycles. The average Bonchev–Trinajstić information content (AvgIpc) is 3.20. The Morgan fingerprint density at radius 2 is 2.05 bits per heavy atom. The fourth-order valence-electron chi connectivity index (χ4n) is 3.16. The molecule has 2 nitrogen and oxygen atoms in total. The summed E-state index contributed by atoms with van der Waals surface area (Å²) in [6.07, 6.45) is 8.15. The van der Waals surface area contributed by atoms with Gasteiger partial charge in [-0.05, 0) is 55.2 Å². The number of para-hydroxylation sites is 1. The molecule has 2 aromatic rings. The second-order valence-electron chi connectivity index (χ2n) is 5.92. The third kappa shape index (κ3) is 2.28. The molecule has 1 heterocycles. The van der Waals surface area contributed by atoms with E-state index in [0.717, 1.165) is 18.8 Å². The molecule has 0 amide bonds. The number of benzene rings is 1. The van der Waals surface area contributed by atoms with Gasteiger partial charge >= 0.3 is 0 Å². The van der Waals surface area contributed by atoms with Crippen molar-refractivity contribution >= 4 is 0 Å². The Hall–Kier alpha value is -1.57. The molecule has 0 aliphatic heterocycles. The Kier molecular flexibility index (Phi) is 3.64. The molecule has 0 N–H and O–H groups in total. The highest BCUT2D eigenvalue weighted by Crippen LogP contribution is 2.42. The summed E-state index contributed by atoms with van der Waals surface area (Å²) < 4.78 is 2.22. The maximum absolute atomic E-state index is 4.74. The number of hydrogen-bond acceptors (Lipinski definition) is 1.